The Morgan fingerprint density at radius 3 is 2.10 bits per heavy atom. The van der Waals surface area contributed by atoms with E-state index in [0.717, 1.165) is 24.8 Å². The van der Waals surface area contributed by atoms with E-state index in [1.165, 1.54) is 31.2 Å². The van der Waals surface area contributed by atoms with Crippen molar-refractivity contribution in [3.8, 4) is 0 Å². The molecule has 1 aliphatic carbocycles. The molecule has 1 saturated carbocycles. The predicted octanol–water partition coefficient (Wildman–Crippen LogP) is 4.22. The van der Waals surface area contributed by atoms with Crippen LogP contribution >= 0.6 is 0 Å². The van der Waals surface area contributed by atoms with Crippen LogP contribution in [-0.4, -0.2) is 11.7 Å². The fourth-order valence-electron chi connectivity index (χ4n) is 3.68. The Hall–Kier alpha value is -0.860. The molecule has 0 spiro atoms. The molecule has 0 aliphatic heterocycles. The molecule has 1 fully saturated rings. The summed E-state index contributed by atoms with van der Waals surface area (Å²) in [5, 5.41) is 10.9. The van der Waals surface area contributed by atoms with Gasteiger partial charge in [0, 0.05) is 12.0 Å². The van der Waals surface area contributed by atoms with Gasteiger partial charge < -0.3 is 10.8 Å². The maximum absolute atomic E-state index is 10.9. The van der Waals surface area contributed by atoms with Crippen LogP contribution in [0.5, 0.6) is 0 Å². The van der Waals surface area contributed by atoms with Crippen LogP contribution in [0.3, 0.4) is 0 Å². The number of rotatable bonds is 5. The maximum Gasteiger partial charge on any atom is 0.0858 e. The lowest BCUT2D eigenvalue weighted by Crippen LogP contribution is -2.36. The Kier molecular flexibility index (Phi) is 5.83. The third-order valence-corrected chi connectivity index (χ3v) is 5.03. The Labute approximate surface area is 129 Å². The van der Waals surface area contributed by atoms with Crippen LogP contribution in [0.1, 0.15) is 69.6 Å². The van der Waals surface area contributed by atoms with Gasteiger partial charge in [0.15, 0.2) is 0 Å². The first-order valence-corrected chi connectivity index (χ1v) is 8.54. The van der Waals surface area contributed by atoms with Crippen molar-refractivity contribution < 1.29 is 5.11 Å². The van der Waals surface area contributed by atoms with Crippen molar-refractivity contribution in [3.63, 3.8) is 0 Å². The minimum Gasteiger partial charge on any atom is -0.388 e. The van der Waals surface area contributed by atoms with Gasteiger partial charge in [-0.15, -0.1) is 0 Å². The lowest BCUT2D eigenvalue weighted by Gasteiger charge is -2.36. The normalized spacial score (nSPS) is 20.2. The highest BCUT2D eigenvalue weighted by atomic mass is 16.3. The van der Waals surface area contributed by atoms with Crippen molar-refractivity contribution in [2.24, 2.45) is 17.1 Å². The van der Waals surface area contributed by atoms with Gasteiger partial charge in [0.2, 0.25) is 0 Å². The molecule has 1 aromatic carbocycles. The van der Waals surface area contributed by atoms with Crippen molar-refractivity contribution in [1.29, 1.82) is 0 Å². The van der Waals surface area contributed by atoms with Gasteiger partial charge in [0.05, 0.1) is 6.10 Å². The molecule has 0 aromatic heterocycles. The van der Waals surface area contributed by atoms with E-state index in [9.17, 15) is 5.11 Å². The van der Waals surface area contributed by atoms with Crippen molar-refractivity contribution in [1.82, 2.24) is 0 Å². The first-order valence-electron chi connectivity index (χ1n) is 8.54. The minimum atomic E-state index is -0.423. The molecule has 0 heterocycles. The first-order chi connectivity index (χ1) is 10.1. The lowest BCUT2D eigenvalue weighted by molar-refractivity contribution is 0.0166. The summed E-state index contributed by atoms with van der Waals surface area (Å²) < 4.78 is 0. The second kappa shape index (κ2) is 7.42. The number of hydrogen-bond acceptors (Lipinski definition) is 2. The molecule has 118 valence electrons. The molecule has 3 N–H and O–H groups in total. The Morgan fingerprint density at radius 1 is 1.05 bits per heavy atom. The Morgan fingerprint density at radius 2 is 1.62 bits per heavy atom. The molecule has 1 aromatic rings. The van der Waals surface area contributed by atoms with Gasteiger partial charge in [0.1, 0.15) is 0 Å². The van der Waals surface area contributed by atoms with Crippen LogP contribution in [0.2, 0.25) is 0 Å². The molecule has 1 aliphatic rings. The summed E-state index contributed by atoms with van der Waals surface area (Å²) in [6.45, 7) is 5.05. The summed E-state index contributed by atoms with van der Waals surface area (Å²) in [4.78, 5) is 0. The fraction of sp³-hybridized carbons (Fsp3) is 0.684. The van der Waals surface area contributed by atoms with E-state index < -0.39 is 6.10 Å². The van der Waals surface area contributed by atoms with Crippen LogP contribution in [-0.2, 0) is 6.42 Å². The number of aliphatic hydroxyl groups excluding tert-OH is 1. The molecule has 2 heteroatoms. The van der Waals surface area contributed by atoms with Gasteiger partial charge in [-0.3, -0.25) is 0 Å². The topological polar surface area (TPSA) is 46.2 Å². The second-order valence-electron chi connectivity index (χ2n) is 7.22. The number of hydrogen-bond donors (Lipinski definition) is 2. The van der Waals surface area contributed by atoms with E-state index in [4.69, 9.17) is 5.73 Å². The van der Waals surface area contributed by atoms with E-state index in [2.05, 4.69) is 38.1 Å². The summed E-state index contributed by atoms with van der Waals surface area (Å²) in [6, 6.07) is 8.54. The zero-order valence-electron chi connectivity index (χ0n) is 13.6. The Balaban J connectivity index is 2.14. The SMILES string of the molecule is CC(C)Cc1ccc(C(O)C2(CN)CCCCCC2)cc1. The van der Waals surface area contributed by atoms with Gasteiger partial charge in [-0.25, -0.2) is 0 Å². The quantitative estimate of drug-likeness (QED) is 0.797. The second-order valence-corrected chi connectivity index (χ2v) is 7.22. The summed E-state index contributed by atoms with van der Waals surface area (Å²) in [5.41, 5.74) is 8.35. The van der Waals surface area contributed by atoms with E-state index in [0.29, 0.717) is 12.5 Å². The van der Waals surface area contributed by atoms with Crippen LogP contribution in [0.25, 0.3) is 0 Å². The van der Waals surface area contributed by atoms with E-state index in [1.807, 2.05) is 0 Å². The summed E-state index contributed by atoms with van der Waals surface area (Å²) in [5.74, 6) is 0.665. The monoisotopic (exact) mass is 289 g/mol. The Bertz CT molecular complexity index is 416. The maximum atomic E-state index is 10.9. The molecule has 1 atom stereocenters. The highest BCUT2D eigenvalue weighted by Gasteiger charge is 2.37. The minimum absolute atomic E-state index is 0.115. The molecule has 0 radical (unpaired) electrons. The van der Waals surface area contributed by atoms with Crippen LogP contribution < -0.4 is 5.73 Å². The van der Waals surface area contributed by atoms with Gasteiger partial charge in [-0.1, -0.05) is 63.8 Å². The highest BCUT2D eigenvalue weighted by molar-refractivity contribution is 5.26. The van der Waals surface area contributed by atoms with Crippen LogP contribution in [0.4, 0.5) is 0 Å². The largest absolute Gasteiger partial charge is 0.388 e. The summed E-state index contributed by atoms with van der Waals surface area (Å²) in [6.07, 6.45) is 7.73. The molecule has 0 saturated heterocycles. The molecule has 2 rings (SSSR count). The van der Waals surface area contributed by atoms with Crippen molar-refractivity contribution in [2.75, 3.05) is 6.54 Å². The summed E-state index contributed by atoms with van der Waals surface area (Å²) >= 11 is 0. The third kappa shape index (κ3) is 4.08. The standard InChI is InChI=1S/C19H31NO/c1-15(2)13-16-7-9-17(10-8-16)18(21)19(14-20)11-5-3-4-6-12-19/h7-10,15,18,21H,3-6,11-14,20H2,1-2H3. The number of benzene rings is 1. The molecule has 2 nitrogen and oxygen atoms in total. The molecule has 21 heavy (non-hydrogen) atoms. The van der Waals surface area contributed by atoms with Gasteiger partial charge in [0.25, 0.3) is 0 Å². The van der Waals surface area contributed by atoms with Gasteiger partial charge in [-0.2, -0.15) is 0 Å². The van der Waals surface area contributed by atoms with Crippen molar-refractivity contribution >= 4 is 0 Å². The van der Waals surface area contributed by atoms with Crippen molar-refractivity contribution in [2.45, 2.75) is 64.9 Å². The van der Waals surface area contributed by atoms with Crippen LogP contribution in [0, 0.1) is 11.3 Å². The molecular weight excluding hydrogens is 258 g/mol. The zero-order chi connectivity index (χ0) is 15.3. The fourth-order valence-corrected chi connectivity index (χ4v) is 3.68. The lowest BCUT2D eigenvalue weighted by atomic mass is 9.73. The third-order valence-electron chi connectivity index (χ3n) is 5.03. The van der Waals surface area contributed by atoms with Gasteiger partial charge >= 0.3 is 0 Å². The average molecular weight is 289 g/mol. The molecular formula is C19H31NO. The van der Waals surface area contributed by atoms with Crippen LogP contribution in [0.15, 0.2) is 24.3 Å². The van der Waals surface area contributed by atoms with E-state index >= 15 is 0 Å². The smallest absolute Gasteiger partial charge is 0.0858 e. The molecule has 0 bridgehead atoms. The van der Waals surface area contributed by atoms with Gasteiger partial charge in [-0.05, 0) is 36.3 Å². The number of nitrogens with two attached hydrogens (primary N) is 1. The highest BCUT2D eigenvalue weighted by Crippen LogP contribution is 2.44. The molecule has 0 amide bonds. The van der Waals surface area contributed by atoms with Crippen molar-refractivity contribution in [3.05, 3.63) is 35.4 Å². The number of aliphatic hydroxyl groups is 1. The summed E-state index contributed by atoms with van der Waals surface area (Å²) in [7, 11) is 0. The predicted molar refractivity (Wildman–Crippen MR) is 89.1 cm³/mol. The molecule has 1 unspecified atom stereocenters. The first kappa shape index (κ1) is 16.5. The zero-order valence-corrected chi connectivity index (χ0v) is 13.6. The van der Waals surface area contributed by atoms with E-state index in [1.54, 1.807) is 0 Å². The average Bonchev–Trinajstić information content (AvgIpc) is 2.73. The van der Waals surface area contributed by atoms with E-state index in [-0.39, 0.29) is 5.41 Å².